The predicted octanol–water partition coefficient (Wildman–Crippen LogP) is 3.58. The Morgan fingerprint density at radius 2 is 2.00 bits per heavy atom. The van der Waals surface area contributed by atoms with Gasteiger partial charge in [-0.1, -0.05) is 27.7 Å². The van der Waals surface area contributed by atoms with Crippen LogP contribution in [-0.4, -0.2) is 26.2 Å². The first kappa shape index (κ1) is 12.4. The molecule has 3 aromatic rings. The van der Waals surface area contributed by atoms with Crippen LogP contribution in [0.1, 0.15) is 0 Å². The Labute approximate surface area is 122 Å². The van der Waals surface area contributed by atoms with Gasteiger partial charge in [-0.3, -0.25) is 0 Å². The molecule has 0 aliphatic heterocycles. The SMILES string of the molecule is CSc1nc(Nc2ccc(Br)cc2)c2[nH]cnc2n1. The molecule has 0 spiro atoms. The first-order chi connectivity index (χ1) is 9.26. The minimum atomic E-state index is 0.666. The average molecular weight is 336 g/mol. The Morgan fingerprint density at radius 3 is 2.74 bits per heavy atom. The Morgan fingerprint density at radius 1 is 1.21 bits per heavy atom. The molecule has 3 rings (SSSR count). The molecule has 0 aliphatic rings. The van der Waals surface area contributed by atoms with Gasteiger partial charge in [0.1, 0.15) is 5.52 Å². The van der Waals surface area contributed by atoms with Gasteiger partial charge < -0.3 is 10.3 Å². The van der Waals surface area contributed by atoms with Crippen molar-refractivity contribution < 1.29 is 0 Å². The van der Waals surface area contributed by atoms with Crippen LogP contribution in [0.25, 0.3) is 11.2 Å². The van der Waals surface area contributed by atoms with Crippen LogP contribution in [0.2, 0.25) is 0 Å². The topological polar surface area (TPSA) is 66.5 Å². The maximum absolute atomic E-state index is 4.47. The molecule has 5 nitrogen and oxygen atoms in total. The van der Waals surface area contributed by atoms with E-state index in [1.807, 2.05) is 30.5 Å². The lowest BCUT2D eigenvalue weighted by Gasteiger charge is -2.07. The second-order valence-corrected chi connectivity index (χ2v) is 5.48. The molecule has 0 unspecified atom stereocenters. The Bertz CT molecular complexity index is 710. The molecule has 0 atom stereocenters. The van der Waals surface area contributed by atoms with E-state index in [0.29, 0.717) is 10.8 Å². The van der Waals surface area contributed by atoms with Gasteiger partial charge in [0.05, 0.1) is 6.33 Å². The number of hydrogen-bond acceptors (Lipinski definition) is 5. The van der Waals surface area contributed by atoms with Crippen molar-refractivity contribution in [3.8, 4) is 0 Å². The zero-order valence-electron chi connectivity index (χ0n) is 10.0. The van der Waals surface area contributed by atoms with E-state index >= 15 is 0 Å². The Hall–Kier alpha value is -1.60. The summed E-state index contributed by atoms with van der Waals surface area (Å²) in [5.74, 6) is 0.731. The van der Waals surface area contributed by atoms with E-state index in [4.69, 9.17) is 0 Å². The fraction of sp³-hybridized carbons (Fsp3) is 0.0833. The van der Waals surface area contributed by atoms with Crippen molar-refractivity contribution in [2.45, 2.75) is 5.16 Å². The number of H-pyrrole nitrogens is 1. The summed E-state index contributed by atoms with van der Waals surface area (Å²) in [5, 5.41) is 3.97. The summed E-state index contributed by atoms with van der Waals surface area (Å²) in [6.45, 7) is 0. The number of halogens is 1. The van der Waals surface area contributed by atoms with Crippen molar-refractivity contribution in [2.75, 3.05) is 11.6 Å². The molecule has 0 bridgehead atoms. The standard InChI is InChI=1S/C12H10BrN5S/c1-19-12-17-10-9(14-6-15-10)11(18-12)16-8-4-2-7(13)3-5-8/h2-6H,1H3,(H2,14,15,16,17,18). The van der Waals surface area contributed by atoms with Crippen LogP contribution in [0, 0.1) is 0 Å². The van der Waals surface area contributed by atoms with Crippen molar-refractivity contribution in [3.05, 3.63) is 35.1 Å². The number of anilines is 2. The van der Waals surface area contributed by atoms with Gasteiger partial charge in [-0.15, -0.1) is 0 Å². The van der Waals surface area contributed by atoms with E-state index in [1.165, 1.54) is 11.8 Å². The van der Waals surface area contributed by atoms with Crippen LogP contribution in [0.5, 0.6) is 0 Å². The van der Waals surface area contributed by atoms with E-state index in [1.54, 1.807) is 6.33 Å². The van der Waals surface area contributed by atoms with Crippen LogP contribution < -0.4 is 5.32 Å². The van der Waals surface area contributed by atoms with Crippen molar-refractivity contribution >= 4 is 50.4 Å². The molecule has 1 aromatic carbocycles. The number of fused-ring (bicyclic) bond motifs is 1. The van der Waals surface area contributed by atoms with Gasteiger partial charge in [-0.25, -0.2) is 15.0 Å². The number of nitrogens with zero attached hydrogens (tertiary/aromatic N) is 3. The molecule has 0 amide bonds. The molecule has 19 heavy (non-hydrogen) atoms. The summed E-state index contributed by atoms with van der Waals surface area (Å²) in [6, 6.07) is 7.91. The number of nitrogens with one attached hydrogen (secondary N) is 2. The summed E-state index contributed by atoms with van der Waals surface area (Å²) >= 11 is 4.90. The average Bonchev–Trinajstić information content (AvgIpc) is 2.89. The number of imidazole rings is 1. The molecule has 2 heterocycles. The van der Waals surface area contributed by atoms with Gasteiger partial charge in [-0.05, 0) is 30.5 Å². The van der Waals surface area contributed by atoms with Crippen LogP contribution in [0.3, 0.4) is 0 Å². The quantitative estimate of drug-likeness (QED) is 0.565. The minimum absolute atomic E-state index is 0.666. The van der Waals surface area contributed by atoms with Crippen LogP contribution in [0.15, 0.2) is 40.2 Å². The molecule has 0 aliphatic carbocycles. The summed E-state index contributed by atoms with van der Waals surface area (Å²) in [6.07, 6.45) is 3.56. The third-order valence-corrected chi connectivity index (χ3v) is 3.63. The third-order valence-electron chi connectivity index (χ3n) is 2.55. The van der Waals surface area contributed by atoms with Crippen LogP contribution in [-0.2, 0) is 0 Å². The maximum Gasteiger partial charge on any atom is 0.191 e. The van der Waals surface area contributed by atoms with Crippen molar-refractivity contribution in [3.63, 3.8) is 0 Å². The summed E-state index contributed by atoms with van der Waals surface area (Å²) in [5.41, 5.74) is 2.43. The highest BCUT2D eigenvalue weighted by atomic mass is 79.9. The second kappa shape index (κ2) is 5.18. The van der Waals surface area contributed by atoms with E-state index in [0.717, 1.165) is 21.5 Å². The molecule has 2 N–H and O–H groups in total. The first-order valence-electron chi connectivity index (χ1n) is 5.54. The zero-order chi connectivity index (χ0) is 13.2. The first-order valence-corrected chi connectivity index (χ1v) is 7.56. The van der Waals surface area contributed by atoms with E-state index in [-0.39, 0.29) is 0 Å². The number of aromatic amines is 1. The molecule has 0 saturated carbocycles. The lowest BCUT2D eigenvalue weighted by atomic mass is 10.3. The Balaban J connectivity index is 2.03. The second-order valence-electron chi connectivity index (χ2n) is 3.79. The van der Waals surface area contributed by atoms with E-state index < -0.39 is 0 Å². The molecule has 0 fully saturated rings. The van der Waals surface area contributed by atoms with Crippen LogP contribution >= 0.6 is 27.7 Å². The normalized spacial score (nSPS) is 10.8. The van der Waals surface area contributed by atoms with Crippen molar-refractivity contribution in [1.82, 2.24) is 19.9 Å². The fourth-order valence-corrected chi connectivity index (χ4v) is 2.29. The molecule has 2 aromatic heterocycles. The maximum atomic E-state index is 4.47. The molecule has 96 valence electrons. The van der Waals surface area contributed by atoms with Gasteiger partial charge in [0, 0.05) is 10.2 Å². The van der Waals surface area contributed by atoms with Gasteiger partial charge in [0.2, 0.25) is 0 Å². The third kappa shape index (κ3) is 2.57. The molecule has 0 saturated heterocycles. The molecular weight excluding hydrogens is 326 g/mol. The summed E-state index contributed by atoms with van der Waals surface area (Å²) in [7, 11) is 0. The lowest BCUT2D eigenvalue weighted by molar-refractivity contribution is 1.00. The lowest BCUT2D eigenvalue weighted by Crippen LogP contribution is -1.98. The number of hydrogen-bond donors (Lipinski definition) is 2. The minimum Gasteiger partial charge on any atom is -0.340 e. The fourth-order valence-electron chi connectivity index (χ4n) is 1.66. The van der Waals surface area contributed by atoms with Crippen molar-refractivity contribution in [1.29, 1.82) is 0 Å². The molecule has 0 radical (unpaired) electrons. The van der Waals surface area contributed by atoms with Gasteiger partial charge >= 0.3 is 0 Å². The zero-order valence-corrected chi connectivity index (χ0v) is 12.4. The smallest absolute Gasteiger partial charge is 0.191 e. The van der Waals surface area contributed by atoms with Gasteiger partial charge in [-0.2, -0.15) is 0 Å². The predicted molar refractivity (Wildman–Crippen MR) is 80.9 cm³/mol. The van der Waals surface area contributed by atoms with E-state index in [9.17, 15) is 0 Å². The summed E-state index contributed by atoms with van der Waals surface area (Å²) in [4.78, 5) is 16.0. The number of aromatic nitrogens is 4. The van der Waals surface area contributed by atoms with E-state index in [2.05, 4.69) is 41.2 Å². The van der Waals surface area contributed by atoms with Gasteiger partial charge in [0.15, 0.2) is 16.6 Å². The number of benzene rings is 1. The van der Waals surface area contributed by atoms with Crippen LogP contribution in [0.4, 0.5) is 11.5 Å². The molecule has 7 heteroatoms. The number of rotatable bonds is 3. The molecular formula is C12H10BrN5S. The van der Waals surface area contributed by atoms with Crippen molar-refractivity contribution in [2.24, 2.45) is 0 Å². The van der Waals surface area contributed by atoms with Gasteiger partial charge in [0.25, 0.3) is 0 Å². The summed E-state index contributed by atoms with van der Waals surface area (Å²) < 4.78 is 1.04. The number of thioether (sulfide) groups is 1. The monoisotopic (exact) mass is 335 g/mol. The highest BCUT2D eigenvalue weighted by molar-refractivity contribution is 9.10. The Kier molecular flexibility index (Phi) is 3.39. The highest BCUT2D eigenvalue weighted by Gasteiger charge is 2.09. The highest BCUT2D eigenvalue weighted by Crippen LogP contribution is 2.24. The largest absolute Gasteiger partial charge is 0.340 e.